The monoisotopic (exact) mass is 390 g/mol. The highest BCUT2D eigenvalue weighted by molar-refractivity contribution is 7.99. The van der Waals surface area contributed by atoms with Crippen LogP contribution in [0.4, 0.5) is 0 Å². The first-order valence-electron chi connectivity index (χ1n) is 8.04. The number of rotatable bonds is 6. The van der Waals surface area contributed by atoms with E-state index in [0.29, 0.717) is 6.42 Å². The molecular formula is C19H19ClN2OS2. The predicted octanol–water partition coefficient (Wildman–Crippen LogP) is 5.65. The molecule has 0 aliphatic rings. The number of halogens is 1. The van der Waals surface area contributed by atoms with Gasteiger partial charge in [-0.3, -0.25) is 4.79 Å². The van der Waals surface area contributed by atoms with Crippen LogP contribution in [0.2, 0.25) is 5.02 Å². The fourth-order valence-corrected chi connectivity index (χ4v) is 4.44. The topological polar surface area (TPSA) is 33.2 Å². The second-order valence-corrected chi connectivity index (χ2v) is 8.42. The Morgan fingerprint density at radius 3 is 2.68 bits per heavy atom. The molecule has 2 aromatic carbocycles. The molecule has 0 aliphatic carbocycles. The lowest BCUT2D eigenvalue weighted by Gasteiger charge is -2.23. The summed E-state index contributed by atoms with van der Waals surface area (Å²) in [6, 6.07) is 15.7. The van der Waals surface area contributed by atoms with Gasteiger partial charge in [0.1, 0.15) is 5.01 Å². The van der Waals surface area contributed by atoms with E-state index in [1.807, 2.05) is 56.4 Å². The number of thiazole rings is 1. The number of aromatic nitrogens is 1. The Balaban J connectivity index is 1.56. The highest BCUT2D eigenvalue weighted by Gasteiger charge is 2.20. The Morgan fingerprint density at radius 1 is 1.24 bits per heavy atom. The molecule has 25 heavy (non-hydrogen) atoms. The molecule has 1 amide bonds. The number of carbonyl (C=O) groups excluding carboxylic acids is 1. The molecule has 0 bridgehead atoms. The Hall–Kier alpha value is -1.56. The number of nitrogens with zero attached hydrogens (tertiary/aromatic N) is 2. The highest BCUT2D eigenvalue weighted by atomic mass is 35.5. The van der Waals surface area contributed by atoms with Crippen LogP contribution in [0.3, 0.4) is 0 Å². The molecular weight excluding hydrogens is 372 g/mol. The van der Waals surface area contributed by atoms with Gasteiger partial charge in [0.05, 0.1) is 16.3 Å². The van der Waals surface area contributed by atoms with Crippen molar-refractivity contribution in [2.45, 2.75) is 24.3 Å². The van der Waals surface area contributed by atoms with Crippen molar-refractivity contribution in [1.29, 1.82) is 0 Å². The first kappa shape index (κ1) is 18.2. The number of carbonyl (C=O) groups is 1. The number of hydrogen-bond acceptors (Lipinski definition) is 4. The summed E-state index contributed by atoms with van der Waals surface area (Å²) in [6.45, 7) is 2.03. The third-order valence-corrected chi connectivity index (χ3v) is 6.51. The Morgan fingerprint density at radius 2 is 1.96 bits per heavy atom. The van der Waals surface area contributed by atoms with Crippen LogP contribution in [0.25, 0.3) is 10.2 Å². The largest absolute Gasteiger partial charge is 0.337 e. The van der Waals surface area contributed by atoms with Crippen LogP contribution in [-0.2, 0) is 4.79 Å². The molecule has 0 saturated carbocycles. The van der Waals surface area contributed by atoms with E-state index in [1.165, 1.54) is 0 Å². The number of thioether (sulfide) groups is 1. The van der Waals surface area contributed by atoms with Gasteiger partial charge < -0.3 is 4.90 Å². The van der Waals surface area contributed by atoms with Gasteiger partial charge in [0.25, 0.3) is 0 Å². The van der Waals surface area contributed by atoms with E-state index in [9.17, 15) is 4.79 Å². The van der Waals surface area contributed by atoms with Crippen molar-refractivity contribution in [2.24, 2.45) is 0 Å². The summed E-state index contributed by atoms with van der Waals surface area (Å²) >= 11 is 9.20. The third-order valence-electron chi connectivity index (χ3n) is 4.04. The summed E-state index contributed by atoms with van der Waals surface area (Å²) in [7, 11) is 1.85. The van der Waals surface area contributed by atoms with Crippen LogP contribution in [0.5, 0.6) is 0 Å². The summed E-state index contributed by atoms with van der Waals surface area (Å²) in [5.74, 6) is 0.880. The zero-order valence-corrected chi connectivity index (χ0v) is 16.5. The van der Waals surface area contributed by atoms with Crippen molar-refractivity contribution in [3.63, 3.8) is 0 Å². The van der Waals surface area contributed by atoms with Gasteiger partial charge in [0, 0.05) is 29.1 Å². The van der Waals surface area contributed by atoms with Gasteiger partial charge in [-0.15, -0.1) is 23.1 Å². The average Bonchev–Trinajstić information content (AvgIpc) is 3.06. The maximum Gasteiger partial charge on any atom is 0.223 e. The molecule has 1 atom stereocenters. The van der Waals surface area contributed by atoms with Crippen molar-refractivity contribution in [1.82, 2.24) is 9.88 Å². The lowest BCUT2D eigenvalue weighted by atomic mass is 10.3. The van der Waals surface area contributed by atoms with Crippen molar-refractivity contribution in [2.75, 3.05) is 12.8 Å². The quantitative estimate of drug-likeness (QED) is 0.510. The summed E-state index contributed by atoms with van der Waals surface area (Å²) in [6.07, 6.45) is 0.499. The molecule has 0 N–H and O–H groups in total. The minimum Gasteiger partial charge on any atom is -0.337 e. The predicted molar refractivity (Wildman–Crippen MR) is 108 cm³/mol. The van der Waals surface area contributed by atoms with E-state index < -0.39 is 0 Å². The van der Waals surface area contributed by atoms with Crippen LogP contribution in [-0.4, -0.2) is 28.6 Å². The molecule has 0 aliphatic heterocycles. The van der Waals surface area contributed by atoms with Gasteiger partial charge in [-0.05, 0) is 43.3 Å². The van der Waals surface area contributed by atoms with Crippen molar-refractivity contribution < 1.29 is 4.79 Å². The number of benzene rings is 2. The van der Waals surface area contributed by atoms with Gasteiger partial charge >= 0.3 is 0 Å². The second-order valence-electron chi connectivity index (χ2n) is 5.75. The van der Waals surface area contributed by atoms with Crippen molar-refractivity contribution >= 4 is 50.8 Å². The lowest BCUT2D eigenvalue weighted by molar-refractivity contribution is -0.131. The number of amides is 1. The summed E-state index contributed by atoms with van der Waals surface area (Å²) in [4.78, 5) is 20.1. The van der Waals surface area contributed by atoms with Crippen LogP contribution in [0.15, 0.2) is 53.4 Å². The molecule has 0 unspecified atom stereocenters. The second kappa shape index (κ2) is 8.21. The molecule has 1 heterocycles. The van der Waals surface area contributed by atoms with Crippen molar-refractivity contribution in [3.05, 3.63) is 58.6 Å². The fraction of sp³-hybridized carbons (Fsp3) is 0.263. The number of fused-ring (bicyclic) bond motifs is 1. The number of hydrogen-bond donors (Lipinski definition) is 0. The molecule has 6 heteroatoms. The first-order valence-corrected chi connectivity index (χ1v) is 10.2. The Labute approximate surface area is 161 Å². The van der Waals surface area contributed by atoms with Gasteiger partial charge in [-0.2, -0.15) is 0 Å². The van der Waals surface area contributed by atoms with E-state index in [-0.39, 0.29) is 11.9 Å². The normalized spacial score (nSPS) is 12.3. The van der Waals surface area contributed by atoms with E-state index in [1.54, 1.807) is 28.0 Å². The van der Waals surface area contributed by atoms with Gasteiger partial charge in [0.2, 0.25) is 5.91 Å². The average molecular weight is 391 g/mol. The standard InChI is InChI=1S/C19H19ClN2OS2/c1-13(19-21-16-5-3-4-6-17(16)25-19)22(2)18(23)11-12-24-15-9-7-14(20)8-10-15/h3-10,13H,11-12H2,1-2H3/t13-/m0/s1. The van der Waals surface area contributed by atoms with E-state index in [2.05, 4.69) is 11.1 Å². The SMILES string of the molecule is C[C@@H](c1nc2ccccc2s1)N(C)C(=O)CCSc1ccc(Cl)cc1. The molecule has 0 spiro atoms. The maximum absolute atomic E-state index is 12.5. The van der Waals surface area contributed by atoms with E-state index >= 15 is 0 Å². The van der Waals surface area contributed by atoms with Gasteiger partial charge in [-0.25, -0.2) is 4.98 Å². The lowest BCUT2D eigenvalue weighted by Crippen LogP contribution is -2.29. The minimum absolute atomic E-state index is 0.0227. The van der Waals surface area contributed by atoms with Crippen LogP contribution in [0.1, 0.15) is 24.4 Å². The number of para-hydroxylation sites is 1. The first-order chi connectivity index (χ1) is 12.0. The minimum atomic E-state index is -0.0227. The van der Waals surface area contributed by atoms with Crippen LogP contribution < -0.4 is 0 Å². The van der Waals surface area contributed by atoms with Crippen LogP contribution in [0, 0.1) is 0 Å². The van der Waals surface area contributed by atoms with Gasteiger partial charge in [0.15, 0.2) is 0 Å². The van der Waals surface area contributed by atoms with Gasteiger partial charge in [-0.1, -0.05) is 23.7 Å². The molecule has 0 fully saturated rings. The summed E-state index contributed by atoms with van der Waals surface area (Å²) in [5, 5.41) is 1.70. The van der Waals surface area contributed by atoms with Crippen molar-refractivity contribution in [3.8, 4) is 0 Å². The maximum atomic E-state index is 12.5. The molecule has 0 saturated heterocycles. The molecule has 1 aromatic heterocycles. The zero-order valence-electron chi connectivity index (χ0n) is 14.1. The molecule has 0 radical (unpaired) electrons. The zero-order chi connectivity index (χ0) is 17.8. The smallest absolute Gasteiger partial charge is 0.223 e. The molecule has 130 valence electrons. The highest BCUT2D eigenvalue weighted by Crippen LogP contribution is 2.29. The molecule has 3 rings (SSSR count). The van der Waals surface area contributed by atoms with Crippen LogP contribution >= 0.6 is 34.7 Å². The Bertz CT molecular complexity index is 830. The summed E-state index contributed by atoms with van der Waals surface area (Å²) in [5.41, 5.74) is 0.994. The van der Waals surface area contributed by atoms with E-state index in [0.717, 1.165) is 30.9 Å². The molecule has 3 nitrogen and oxygen atoms in total. The van der Waals surface area contributed by atoms with E-state index in [4.69, 9.17) is 11.6 Å². The summed E-state index contributed by atoms with van der Waals surface area (Å²) < 4.78 is 1.16. The fourth-order valence-electron chi connectivity index (χ4n) is 2.41. The Kier molecular flexibility index (Phi) is 5.99. The third kappa shape index (κ3) is 4.54. The molecule has 3 aromatic rings.